The van der Waals surface area contributed by atoms with Crippen LogP contribution < -0.4 is 3.53 Å². The van der Waals surface area contributed by atoms with Crippen molar-refractivity contribution < 1.29 is 4.84 Å². The summed E-state index contributed by atoms with van der Waals surface area (Å²) in [7, 11) is 1.84. The Kier molecular flexibility index (Phi) is 6.01. The first-order valence-electron chi connectivity index (χ1n) is 2.09. The molecule has 0 aromatic carbocycles. The predicted octanol–water partition coefficient (Wildman–Crippen LogP) is 1.49. The van der Waals surface area contributed by atoms with Gasteiger partial charge in [0.1, 0.15) is 6.23 Å². The molecular formula is C3H8I2N2O. The first-order valence-corrected chi connectivity index (χ1v) is 4.13. The molecule has 5 heteroatoms. The lowest BCUT2D eigenvalue weighted by atomic mass is 10.7. The summed E-state index contributed by atoms with van der Waals surface area (Å²) in [6.07, 6.45) is 0.0810. The second-order valence-corrected chi connectivity index (χ2v) is 3.26. The van der Waals surface area contributed by atoms with Gasteiger partial charge in [0.05, 0.1) is 0 Å². The standard InChI is InChI=1S/C3H8I2N2O/c1-3(6-4)8-7(2)5/h3,6H,1-2H3. The molecule has 0 aliphatic rings. The second kappa shape index (κ2) is 5.15. The van der Waals surface area contributed by atoms with Gasteiger partial charge in [0.25, 0.3) is 0 Å². The number of nitrogens with one attached hydrogen (secondary N) is 1. The summed E-state index contributed by atoms with van der Waals surface area (Å²) < 4.78 is 4.53. The van der Waals surface area contributed by atoms with Crippen LogP contribution in [0.25, 0.3) is 0 Å². The van der Waals surface area contributed by atoms with Crippen molar-refractivity contribution >= 4 is 45.7 Å². The maximum atomic E-state index is 5.10. The number of rotatable bonds is 3. The van der Waals surface area contributed by atoms with E-state index in [2.05, 4.69) is 3.53 Å². The summed E-state index contributed by atoms with van der Waals surface area (Å²) in [4.78, 5) is 5.10. The average Bonchev–Trinajstić information content (AvgIpc) is 1.65. The van der Waals surface area contributed by atoms with Crippen LogP contribution in [-0.4, -0.2) is 16.6 Å². The first kappa shape index (κ1) is 9.34. The highest BCUT2D eigenvalue weighted by atomic mass is 127. The third kappa shape index (κ3) is 5.48. The molecule has 0 aromatic rings. The molecule has 0 radical (unpaired) electrons. The predicted molar refractivity (Wildman–Crippen MR) is 49.5 cm³/mol. The minimum Gasteiger partial charge on any atom is -0.270 e. The Balaban J connectivity index is 3.10. The zero-order valence-electron chi connectivity index (χ0n) is 4.69. The number of halogens is 2. The Morgan fingerprint density at radius 1 is 1.75 bits per heavy atom. The summed E-state index contributed by atoms with van der Waals surface area (Å²) in [5.41, 5.74) is 0. The van der Waals surface area contributed by atoms with Gasteiger partial charge in [-0.25, -0.2) is 3.53 Å². The van der Waals surface area contributed by atoms with Gasteiger partial charge in [0.15, 0.2) is 0 Å². The van der Waals surface area contributed by atoms with E-state index in [1.54, 1.807) is 3.28 Å². The van der Waals surface area contributed by atoms with E-state index in [9.17, 15) is 0 Å². The lowest BCUT2D eigenvalue weighted by Crippen LogP contribution is -2.24. The Labute approximate surface area is 77.1 Å². The van der Waals surface area contributed by atoms with Gasteiger partial charge in [-0.1, -0.05) is 0 Å². The van der Waals surface area contributed by atoms with E-state index < -0.39 is 0 Å². The first-order chi connectivity index (χ1) is 3.66. The van der Waals surface area contributed by atoms with E-state index in [0.717, 1.165) is 0 Å². The largest absolute Gasteiger partial charge is 0.270 e. The highest BCUT2D eigenvalue weighted by Crippen LogP contribution is 1.98. The van der Waals surface area contributed by atoms with Gasteiger partial charge in [-0.15, -0.1) is 3.28 Å². The van der Waals surface area contributed by atoms with Gasteiger partial charge in [0, 0.05) is 52.8 Å². The fraction of sp³-hybridized carbons (Fsp3) is 1.00. The highest BCUT2D eigenvalue weighted by molar-refractivity contribution is 14.1. The topological polar surface area (TPSA) is 24.5 Å². The van der Waals surface area contributed by atoms with E-state index in [0.29, 0.717) is 0 Å². The zero-order valence-corrected chi connectivity index (χ0v) is 9.00. The molecule has 0 bridgehead atoms. The molecule has 0 aromatic heterocycles. The fourth-order valence-electron chi connectivity index (χ4n) is 0.238. The van der Waals surface area contributed by atoms with Crippen LogP contribution >= 0.6 is 45.7 Å². The fourth-order valence-corrected chi connectivity index (χ4v) is 0.693. The van der Waals surface area contributed by atoms with Crippen molar-refractivity contribution in [1.82, 2.24) is 6.81 Å². The van der Waals surface area contributed by atoms with Crippen molar-refractivity contribution in [1.29, 1.82) is 0 Å². The minimum absolute atomic E-state index is 0.0810. The Morgan fingerprint density at radius 2 is 2.25 bits per heavy atom. The highest BCUT2D eigenvalue weighted by Gasteiger charge is 1.98. The van der Waals surface area contributed by atoms with Crippen molar-refractivity contribution in [3.05, 3.63) is 0 Å². The SMILES string of the molecule is CC(NI)ON(C)I. The molecule has 0 saturated carbocycles. The molecule has 0 aliphatic heterocycles. The molecule has 3 nitrogen and oxygen atoms in total. The second-order valence-electron chi connectivity index (χ2n) is 1.28. The minimum atomic E-state index is 0.0810. The van der Waals surface area contributed by atoms with E-state index in [1.165, 1.54) is 0 Å². The lowest BCUT2D eigenvalue weighted by Gasteiger charge is -2.12. The molecule has 1 N–H and O–H groups in total. The van der Waals surface area contributed by atoms with E-state index in [4.69, 9.17) is 4.84 Å². The van der Waals surface area contributed by atoms with Gasteiger partial charge >= 0.3 is 0 Å². The van der Waals surface area contributed by atoms with Crippen LogP contribution in [0.4, 0.5) is 0 Å². The van der Waals surface area contributed by atoms with Crippen molar-refractivity contribution in [3.63, 3.8) is 0 Å². The summed E-state index contributed by atoms with van der Waals surface area (Å²) in [5.74, 6) is 0. The van der Waals surface area contributed by atoms with Crippen molar-refractivity contribution in [3.8, 4) is 0 Å². The third-order valence-electron chi connectivity index (χ3n) is 0.457. The summed E-state index contributed by atoms with van der Waals surface area (Å²) in [6.45, 7) is 1.93. The van der Waals surface area contributed by atoms with E-state index in [-0.39, 0.29) is 6.23 Å². The number of hydroxylamine groups is 1. The van der Waals surface area contributed by atoms with Crippen LogP contribution in [0.15, 0.2) is 0 Å². The Hall–Kier alpha value is 1.34. The summed E-state index contributed by atoms with van der Waals surface area (Å²) >= 11 is 4.09. The van der Waals surface area contributed by atoms with Crippen LogP contribution in [-0.2, 0) is 4.84 Å². The normalized spacial score (nSPS) is 14.6. The number of nitrogens with zero attached hydrogens (tertiary/aromatic N) is 1. The van der Waals surface area contributed by atoms with Gasteiger partial charge in [0.2, 0.25) is 0 Å². The lowest BCUT2D eigenvalue weighted by molar-refractivity contribution is -0.0860. The monoisotopic (exact) mass is 342 g/mol. The van der Waals surface area contributed by atoms with Crippen LogP contribution in [0, 0.1) is 0 Å². The molecule has 0 heterocycles. The van der Waals surface area contributed by atoms with Crippen LogP contribution in [0.5, 0.6) is 0 Å². The van der Waals surface area contributed by atoms with Gasteiger partial charge in [-0.05, 0) is 6.92 Å². The molecule has 0 aliphatic carbocycles. The molecular weight excluding hydrogens is 334 g/mol. The molecule has 0 amide bonds. The van der Waals surface area contributed by atoms with Gasteiger partial charge in [-0.3, -0.25) is 4.84 Å². The van der Waals surface area contributed by atoms with Gasteiger partial charge < -0.3 is 0 Å². The zero-order chi connectivity index (χ0) is 6.57. The molecule has 8 heavy (non-hydrogen) atoms. The maximum Gasteiger partial charge on any atom is 0.136 e. The smallest absolute Gasteiger partial charge is 0.136 e. The van der Waals surface area contributed by atoms with Crippen LogP contribution in [0.3, 0.4) is 0 Å². The van der Waals surface area contributed by atoms with E-state index in [1.807, 2.05) is 59.7 Å². The number of hydrogen-bond donors (Lipinski definition) is 1. The van der Waals surface area contributed by atoms with Crippen molar-refractivity contribution in [2.75, 3.05) is 7.05 Å². The van der Waals surface area contributed by atoms with Gasteiger partial charge in [-0.2, -0.15) is 0 Å². The maximum absolute atomic E-state index is 5.10. The molecule has 0 rings (SSSR count). The Morgan fingerprint density at radius 3 is 2.38 bits per heavy atom. The van der Waals surface area contributed by atoms with Crippen molar-refractivity contribution in [2.24, 2.45) is 0 Å². The molecule has 0 fully saturated rings. The van der Waals surface area contributed by atoms with Crippen LogP contribution in [0.2, 0.25) is 0 Å². The number of hydrogen-bond acceptors (Lipinski definition) is 3. The van der Waals surface area contributed by atoms with Crippen LogP contribution in [0.1, 0.15) is 6.92 Å². The summed E-state index contributed by atoms with van der Waals surface area (Å²) in [6, 6.07) is 0. The average molecular weight is 342 g/mol. The molecule has 50 valence electrons. The van der Waals surface area contributed by atoms with E-state index >= 15 is 0 Å². The summed E-state index contributed by atoms with van der Waals surface area (Å²) in [5, 5.41) is 0. The third-order valence-corrected chi connectivity index (χ3v) is 1.56. The quantitative estimate of drug-likeness (QED) is 0.364. The molecule has 1 atom stereocenters. The molecule has 0 spiro atoms. The Bertz CT molecular complexity index is 61.2. The molecule has 1 unspecified atom stereocenters. The van der Waals surface area contributed by atoms with Crippen molar-refractivity contribution in [2.45, 2.75) is 13.2 Å². The molecule has 0 saturated heterocycles.